The van der Waals surface area contributed by atoms with Crippen LogP contribution in [0.2, 0.25) is 0 Å². The van der Waals surface area contributed by atoms with Gasteiger partial charge in [0.2, 0.25) is 0 Å². The van der Waals surface area contributed by atoms with Crippen LogP contribution in [0.4, 0.5) is 0 Å². The highest BCUT2D eigenvalue weighted by atomic mass is 32.1. The molecule has 1 aliphatic heterocycles. The molecule has 27 heavy (non-hydrogen) atoms. The number of fused-ring (bicyclic) bond motifs is 1. The standard InChI is InChI=1S/C21H26N2O3S/c1-5-22-21(27)23-9-8-14-10-16(24-2)6-7-19(14)20(23)15-11-17(25-3)13-18(12-15)26-4/h6-7,10-13,20H,5,8-9H2,1-4H3,(H,22,27). The Labute approximate surface area is 166 Å². The van der Waals surface area contributed by atoms with Crippen molar-refractivity contribution < 1.29 is 14.2 Å². The second kappa shape index (κ2) is 8.48. The van der Waals surface area contributed by atoms with E-state index >= 15 is 0 Å². The zero-order valence-electron chi connectivity index (χ0n) is 16.2. The van der Waals surface area contributed by atoms with Gasteiger partial charge in [-0.2, -0.15) is 0 Å². The maximum atomic E-state index is 5.68. The van der Waals surface area contributed by atoms with Crippen LogP contribution in [-0.4, -0.2) is 44.4 Å². The summed E-state index contributed by atoms with van der Waals surface area (Å²) < 4.78 is 16.4. The Morgan fingerprint density at radius 3 is 2.30 bits per heavy atom. The first-order valence-corrected chi connectivity index (χ1v) is 9.46. The van der Waals surface area contributed by atoms with Crippen LogP contribution in [0, 0.1) is 0 Å². The van der Waals surface area contributed by atoms with Gasteiger partial charge >= 0.3 is 0 Å². The van der Waals surface area contributed by atoms with Crippen molar-refractivity contribution in [3.8, 4) is 17.2 Å². The SMILES string of the molecule is CCNC(=S)N1CCc2cc(OC)ccc2C1c1cc(OC)cc(OC)c1. The Morgan fingerprint density at radius 2 is 1.70 bits per heavy atom. The van der Waals surface area contributed by atoms with E-state index in [1.807, 2.05) is 24.3 Å². The van der Waals surface area contributed by atoms with Crippen LogP contribution >= 0.6 is 12.2 Å². The lowest BCUT2D eigenvalue weighted by atomic mass is 9.88. The Bertz CT molecular complexity index is 803. The van der Waals surface area contributed by atoms with Crippen LogP contribution in [0.3, 0.4) is 0 Å². The summed E-state index contributed by atoms with van der Waals surface area (Å²) in [6.07, 6.45) is 0.912. The molecule has 5 nitrogen and oxygen atoms in total. The molecule has 0 bridgehead atoms. The number of methoxy groups -OCH3 is 3. The smallest absolute Gasteiger partial charge is 0.169 e. The largest absolute Gasteiger partial charge is 0.497 e. The fraction of sp³-hybridized carbons (Fsp3) is 0.381. The molecule has 0 saturated heterocycles. The monoisotopic (exact) mass is 386 g/mol. The van der Waals surface area contributed by atoms with Crippen LogP contribution in [0.5, 0.6) is 17.2 Å². The van der Waals surface area contributed by atoms with Gasteiger partial charge in [-0.05, 0) is 66.5 Å². The van der Waals surface area contributed by atoms with Crippen LogP contribution in [0.25, 0.3) is 0 Å². The number of ether oxygens (including phenoxy) is 3. The number of nitrogens with one attached hydrogen (secondary N) is 1. The second-order valence-electron chi connectivity index (χ2n) is 6.39. The van der Waals surface area contributed by atoms with E-state index < -0.39 is 0 Å². The normalized spacial score (nSPS) is 15.7. The minimum atomic E-state index is -0.0183. The molecule has 0 amide bonds. The Morgan fingerprint density at radius 1 is 1.04 bits per heavy atom. The predicted molar refractivity (Wildman–Crippen MR) is 111 cm³/mol. The topological polar surface area (TPSA) is 43.0 Å². The molecule has 0 fully saturated rings. The highest BCUT2D eigenvalue weighted by molar-refractivity contribution is 7.80. The fourth-order valence-electron chi connectivity index (χ4n) is 3.55. The van der Waals surface area contributed by atoms with Gasteiger partial charge < -0.3 is 24.4 Å². The fourth-order valence-corrected chi connectivity index (χ4v) is 3.89. The first kappa shape index (κ1) is 19.3. The maximum Gasteiger partial charge on any atom is 0.169 e. The van der Waals surface area contributed by atoms with Crippen molar-refractivity contribution in [3.05, 3.63) is 53.1 Å². The summed E-state index contributed by atoms with van der Waals surface area (Å²) in [5, 5.41) is 4.05. The molecular weight excluding hydrogens is 360 g/mol. The third-order valence-electron chi connectivity index (χ3n) is 4.86. The lowest BCUT2D eigenvalue weighted by Gasteiger charge is -2.39. The summed E-state index contributed by atoms with van der Waals surface area (Å²) in [4.78, 5) is 2.24. The maximum absolute atomic E-state index is 5.68. The van der Waals surface area contributed by atoms with E-state index in [0.717, 1.165) is 47.4 Å². The summed E-state index contributed by atoms with van der Waals surface area (Å²) in [6, 6.07) is 12.2. The van der Waals surface area contributed by atoms with Gasteiger partial charge in [-0.1, -0.05) is 6.07 Å². The van der Waals surface area contributed by atoms with Gasteiger partial charge in [-0.3, -0.25) is 0 Å². The van der Waals surface area contributed by atoms with Gasteiger partial charge in [0, 0.05) is 19.2 Å². The van der Waals surface area contributed by atoms with Crippen molar-refractivity contribution in [2.24, 2.45) is 0 Å². The molecule has 0 spiro atoms. The minimum Gasteiger partial charge on any atom is -0.497 e. The van der Waals surface area contributed by atoms with Gasteiger partial charge in [-0.15, -0.1) is 0 Å². The number of nitrogens with zero attached hydrogens (tertiary/aromatic N) is 1. The number of hydrogen-bond acceptors (Lipinski definition) is 4. The van der Waals surface area contributed by atoms with Crippen molar-refractivity contribution in [1.29, 1.82) is 0 Å². The minimum absolute atomic E-state index is 0.0183. The number of rotatable bonds is 5. The van der Waals surface area contributed by atoms with Gasteiger partial charge in [0.05, 0.1) is 27.4 Å². The van der Waals surface area contributed by atoms with Crippen molar-refractivity contribution in [2.45, 2.75) is 19.4 Å². The van der Waals surface area contributed by atoms with Crippen molar-refractivity contribution in [3.63, 3.8) is 0 Å². The number of benzene rings is 2. The van der Waals surface area contributed by atoms with E-state index in [2.05, 4.69) is 29.3 Å². The van der Waals surface area contributed by atoms with E-state index in [0.29, 0.717) is 0 Å². The molecule has 1 atom stereocenters. The van der Waals surface area contributed by atoms with Crippen molar-refractivity contribution in [2.75, 3.05) is 34.4 Å². The highest BCUT2D eigenvalue weighted by Crippen LogP contribution is 2.39. The Hall–Kier alpha value is -2.47. The molecule has 0 aromatic heterocycles. The molecule has 2 aromatic carbocycles. The van der Waals surface area contributed by atoms with Gasteiger partial charge in [0.15, 0.2) is 5.11 Å². The molecule has 144 valence electrons. The average molecular weight is 387 g/mol. The Balaban J connectivity index is 2.13. The number of thiocarbonyl (C=S) groups is 1. The van der Waals surface area contributed by atoms with E-state index in [1.165, 1.54) is 11.1 Å². The molecule has 2 aromatic rings. The summed E-state index contributed by atoms with van der Waals surface area (Å²) in [6.45, 7) is 3.67. The first-order chi connectivity index (χ1) is 13.1. The van der Waals surface area contributed by atoms with Crippen molar-refractivity contribution >= 4 is 17.3 Å². The molecule has 1 unspecified atom stereocenters. The molecule has 3 rings (SSSR count). The lowest BCUT2D eigenvalue weighted by molar-refractivity contribution is 0.329. The van der Waals surface area contributed by atoms with E-state index in [4.69, 9.17) is 26.4 Å². The third kappa shape index (κ3) is 3.95. The van der Waals surface area contributed by atoms with Crippen LogP contribution in [0.1, 0.15) is 29.7 Å². The molecule has 0 saturated carbocycles. The molecule has 1 N–H and O–H groups in total. The van der Waals surface area contributed by atoms with Gasteiger partial charge in [-0.25, -0.2) is 0 Å². The first-order valence-electron chi connectivity index (χ1n) is 9.05. The van der Waals surface area contributed by atoms with Crippen LogP contribution in [0.15, 0.2) is 36.4 Å². The quantitative estimate of drug-likeness (QED) is 0.793. The zero-order chi connectivity index (χ0) is 19.4. The van der Waals surface area contributed by atoms with Crippen LogP contribution < -0.4 is 19.5 Å². The molecular formula is C21H26N2O3S. The molecule has 1 heterocycles. The zero-order valence-corrected chi connectivity index (χ0v) is 17.1. The summed E-state index contributed by atoms with van der Waals surface area (Å²) in [7, 11) is 5.03. The summed E-state index contributed by atoms with van der Waals surface area (Å²) in [5.41, 5.74) is 3.58. The van der Waals surface area contributed by atoms with E-state index in [9.17, 15) is 0 Å². The van der Waals surface area contributed by atoms with Gasteiger partial charge in [0.25, 0.3) is 0 Å². The van der Waals surface area contributed by atoms with Crippen molar-refractivity contribution in [1.82, 2.24) is 10.2 Å². The highest BCUT2D eigenvalue weighted by Gasteiger charge is 2.31. The average Bonchev–Trinajstić information content (AvgIpc) is 2.71. The van der Waals surface area contributed by atoms with Gasteiger partial charge in [0.1, 0.15) is 17.2 Å². The second-order valence-corrected chi connectivity index (χ2v) is 6.78. The molecule has 1 aliphatic rings. The van der Waals surface area contributed by atoms with E-state index in [1.54, 1.807) is 21.3 Å². The Kier molecular flexibility index (Phi) is 6.06. The van der Waals surface area contributed by atoms with Crippen LogP contribution in [-0.2, 0) is 6.42 Å². The molecule has 0 radical (unpaired) electrons. The molecule has 0 aliphatic carbocycles. The summed E-state index contributed by atoms with van der Waals surface area (Å²) >= 11 is 5.68. The lowest BCUT2D eigenvalue weighted by Crippen LogP contribution is -2.45. The number of hydrogen-bond donors (Lipinski definition) is 1. The van der Waals surface area contributed by atoms with E-state index in [-0.39, 0.29) is 6.04 Å². The molecule has 6 heteroatoms. The third-order valence-corrected chi connectivity index (χ3v) is 5.24. The summed E-state index contributed by atoms with van der Waals surface area (Å²) in [5.74, 6) is 2.40. The predicted octanol–water partition coefficient (Wildman–Crippen LogP) is 3.55.